The zero-order chi connectivity index (χ0) is 25.4. The lowest BCUT2D eigenvalue weighted by molar-refractivity contribution is -0.116. The number of carbonyl (C=O) groups excluding carboxylic acids is 1. The minimum Gasteiger partial charge on any atom is -0.494 e. The molecule has 1 N–H and O–H groups in total. The van der Waals surface area contributed by atoms with E-state index in [1.165, 1.54) is 0 Å². The predicted molar refractivity (Wildman–Crippen MR) is 141 cm³/mol. The fourth-order valence-corrected chi connectivity index (χ4v) is 3.99. The second kappa shape index (κ2) is 12.5. The Bertz CT molecular complexity index is 1160. The molecule has 0 unspecified atom stereocenters. The molecule has 0 aliphatic carbocycles. The Morgan fingerprint density at radius 3 is 2.49 bits per heavy atom. The molecule has 0 saturated heterocycles. The Morgan fingerprint density at radius 2 is 1.83 bits per heavy atom. The molecule has 1 amide bonds. The summed E-state index contributed by atoms with van der Waals surface area (Å²) in [6, 6.07) is 10.0. The molecule has 35 heavy (non-hydrogen) atoms. The highest BCUT2D eigenvalue weighted by Gasteiger charge is 2.19. The van der Waals surface area contributed by atoms with E-state index in [9.17, 15) is 4.79 Å². The van der Waals surface area contributed by atoms with Crippen LogP contribution >= 0.6 is 0 Å². The fraction of sp³-hybridized carbons (Fsp3) is 0.414. The molecule has 0 bridgehead atoms. The number of ether oxygens (including phenoxy) is 3. The van der Waals surface area contributed by atoms with Gasteiger partial charge in [-0.15, -0.1) is 0 Å². The average Bonchev–Trinajstić information content (AvgIpc) is 3.25. The summed E-state index contributed by atoms with van der Waals surface area (Å²) < 4.78 is 23.1. The smallest absolute Gasteiger partial charge is 0.244 e. The van der Waals surface area contributed by atoms with Crippen LogP contribution in [-0.2, 0) is 9.53 Å². The van der Waals surface area contributed by atoms with Gasteiger partial charge in [0, 0.05) is 41.3 Å². The van der Waals surface area contributed by atoms with Crippen molar-refractivity contribution >= 4 is 22.4 Å². The van der Waals surface area contributed by atoms with Gasteiger partial charge in [0.15, 0.2) is 0 Å². The molecule has 1 aromatic heterocycles. The molecule has 3 rings (SSSR count). The van der Waals surface area contributed by atoms with Crippen LogP contribution in [0.15, 0.2) is 47.1 Å². The molecule has 0 radical (unpaired) electrons. The van der Waals surface area contributed by atoms with E-state index in [2.05, 4.69) is 11.4 Å². The third-order valence-corrected chi connectivity index (χ3v) is 5.65. The van der Waals surface area contributed by atoms with E-state index < -0.39 is 0 Å². The van der Waals surface area contributed by atoms with Crippen LogP contribution in [0.1, 0.15) is 52.2 Å². The summed E-state index contributed by atoms with van der Waals surface area (Å²) in [6.45, 7) is 14.2. The summed E-state index contributed by atoms with van der Waals surface area (Å²) in [5, 5.41) is 3.92. The minimum atomic E-state index is -0.133. The van der Waals surface area contributed by atoms with Crippen LogP contribution in [0.25, 0.3) is 27.7 Å². The number of benzene rings is 2. The Kier molecular flexibility index (Phi) is 9.38. The molecule has 188 valence electrons. The third-order valence-electron chi connectivity index (χ3n) is 5.65. The number of furan rings is 1. The zero-order valence-electron chi connectivity index (χ0n) is 21.7. The van der Waals surface area contributed by atoms with E-state index in [1.807, 2.05) is 65.8 Å². The zero-order valence-corrected chi connectivity index (χ0v) is 21.7. The van der Waals surface area contributed by atoms with Gasteiger partial charge in [-0.05, 0) is 77.3 Å². The average molecular weight is 480 g/mol. The maximum atomic E-state index is 12.6. The highest BCUT2D eigenvalue weighted by Crippen LogP contribution is 2.41. The predicted octanol–water partition coefficient (Wildman–Crippen LogP) is 6.54. The van der Waals surface area contributed by atoms with Crippen molar-refractivity contribution in [2.24, 2.45) is 0 Å². The molecule has 0 aliphatic rings. The van der Waals surface area contributed by atoms with Crippen molar-refractivity contribution < 1.29 is 23.4 Å². The number of nitrogens with one attached hydrogen (secondary N) is 1. The summed E-state index contributed by atoms with van der Waals surface area (Å²) >= 11 is 0. The van der Waals surface area contributed by atoms with Gasteiger partial charge >= 0.3 is 0 Å². The van der Waals surface area contributed by atoms with Crippen LogP contribution in [0.2, 0.25) is 0 Å². The van der Waals surface area contributed by atoms with E-state index >= 15 is 0 Å². The van der Waals surface area contributed by atoms with E-state index in [0.29, 0.717) is 26.4 Å². The maximum absolute atomic E-state index is 12.6. The van der Waals surface area contributed by atoms with Gasteiger partial charge in [0.1, 0.15) is 17.1 Å². The first kappa shape index (κ1) is 26.4. The van der Waals surface area contributed by atoms with Gasteiger partial charge in [0.25, 0.3) is 0 Å². The van der Waals surface area contributed by atoms with Gasteiger partial charge in [-0.3, -0.25) is 4.79 Å². The first-order chi connectivity index (χ1) is 16.8. The fourth-order valence-electron chi connectivity index (χ4n) is 3.99. The highest BCUT2D eigenvalue weighted by atomic mass is 16.5. The van der Waals surface area contributed by atoms with Crippen molar-refractivity contribution in [3.8, 4) is 22.6 Å². The van der Waals surface area contributed by atoms with Crippen molar-refractivity contribution in [3.63, 3.8) is 0 Å². The van der Waals surface area contributed by atoms with Gasteiger partial charge in [-0.25, -0.2) is 0 Å². The van der Waals surface area contributed by atoms with Crippen molar-refractivity contribution in [1.29, 1.82) is 0 Å². The maximum Gasteiger partial charge on any atom is 0.244 e. The molecule has 0 fully saturated rings. The summed E-state index contributed by atoms with van der Waals surface area (Å²) in [7, 11) is 0. The highest BCUT2D eigenvalue weighted by molar-refractivity contribution is 6.01. The van der Waals surface area contributed by atoms with Crippen LogP contribution in [0.3, 0.4) is 0 Å². The Balaban J connectivity index is 1.91. The standard InChI is InChI=1S/C29H37NO5/c1-7-32-23-12-10-22(11-13-23)26-18-35-29-21(6)28(33-8-2)24(17-25(26)29)20(5)16-27(31)30-14-9-15-34-19(3)4/h10-13,16-19H,7-9,14-15H2,1-6H3,(H,30,31)/b20-16+. The topological polar surface area (TPSA) is 69.9 Å². The molecule has 1 heterocycles. The van der Waals surface area contributed by atoms with Gasteiger partial charge < -0.3 is 23.9 Å². The molecular formula is C29H37NO5. The second-order valence-electron chi connectivity index (χ2n) is 8.69. The van der Waals surface area contributed by atoms with Crippen LogP contribution in [0.5, 0.6) is 11.5 Å². The van der Waals surface area contributed by atoms with Crippen molar-refractivity contribution in [1.82, 2.24) is 5.32 Å². The summed E-state index contributed by atoms with van der Waals surface area (Å²) in [6.07, 6.45) is 4.37. The summed E-state index contributed by atoms with van der Waals surface area (Å²) in [5.74, 6) is 1.44. The van der Waals surface area contributed by atoms with E-state index in [4.69, 9.17) is 18.6 Å². The van der Waals surface area contributed by atoms with Crippen molar-refractivity contribution in [2.75, 3.05) is 26.4 Å². The normalized spacial score (nSPS) is 11.8. The van der Waals surface area contributed by atoms with Crippen molar-refractivity contribution in [3.05, 3.63) is 53.8 Å². The van der Waals surface area contributed by atoms with Crippen LogP contribution in [0, 0.1) is 6.92 Å². The van der Waals surface area contributed by atoms with Gasteiger partial charge in [0.2, 0.25) is 5.91 Å². The Labute approximate surface area is 208 Å². The number of allylic oxidation sites excluding steroid dienone is 1. The minimum absolute atomic E-state index is 0.133. The molecule has 6 nitrogen and oxygen atoms in total. The lowest BCUT2D eigenvalue weighted by Gasteiger charge is -2.15. The van der Waals surface area contributed by atoms with Crippen LogP contribution < -0.4 is 14.8 Å². The monoisotopic (exact) mass is 479 g/mol. The molecule has 6 heteroatoms. The quantitative estimate of drug-likeness (QED) is 0.236. The molecule has 3 aromatic rings. The third kappa shape index (κ3) is 6.67. The number of hydrogen-bond donors (Lipinski definition) is 1. The lowest BCUT2D eigenvalue weighted by Crippen LogP contribution is -2.23. The molecule has 2 aromatic carbocycles. The van der Waals surface area contributed by atoms with Gasteiger partial charge in [0.05, 0.1) is 25.6 Å². The molecular weight excluding hydrogens is 442 g/mol. The molecule has 0 saturated carbocycles. The molecule has 0 aliphatic heterocycles. The number of rotatable bonds is 12. The SMILES string of the molecule is CCOc1ccc(-c2coc3c(C)c(OCC)c(/C(C)=C/C(=O)NCCCOC(C)C)cc23)cc1. The largest absolute Gasteiger partial charge is 0.494 e. The number of amides is 1. The number of fused-ring (bicyclic) bond motifs is 1. The first-order valence-electron chi connectivity index (χ1n) is 12.3. The van der Waals surface area contributed by atoms with E-state index in [0.717, 1.165) is 56.7 Å². The van der Waals surface area contributed by atoms with Crippen molar-refractivity contribution in [2.45, 2.75) is 54.1 Å². The van der Waals surface area contributed by atoms with Crippen LogP contribution in [0.4, 0.5) is 0 Å². The second-order valence-corrected chi connectivity index (χ2v) is 8.69. The lowest BCUT2D eigenvalue weighted by atomic mass is 9.96. The number of carbonyl (C=O) groups is 1. The summed E-state index contributed by atoms with van der Waals surface area (Å²) in [4.78, 5) is 12.6. The Morgan fingerprint density at radius 1 is 1.11 bits per heavy atom. The number of aryl methyl sites for hydroxylation is 1. The molecule has 0 spiro atoms. The van der Waals surface area contributed by atoms with Gasteiger partial charge in [-0.2, -0.15) is 0 Å². The number of hydrogen-bond acceptors (Lipinski definition) is 5. The first-order valence-corrected chi connectivity index (χ1v) is 12.3. The van der Waals surface area contributed by atoms with Gasteiger partial charge in [-0.1, -0.05) is 12.1 Å². The summed E-state index contributed by atoms with van der Waals surface area (Å²) in [5.41, 5.74) is 5.42. The van der Waals surface area contributed by atoms with E-state index in [-0.39, 0.29) is 12.0 Å². The van der Waals surface area contributed by atoms with Crippen LogP contribution in [-0.4, -0.2) is 38.4 Å². The molecule has 0 atom stereocenters. The Hall–Kier alpha value is -3.25. The van der Waals surface area contributed by atoms with E-state index in [1.54, 1.807) is 12.3 Å².